The summed E-state index contributed by atoms with van der Waals surface area (Å²) in [6.45, 7) is 0.728. The predicted octanol–water partition coefficient (Wildman–Crippen LogP) is 1.43. The highest BCUT2D eigenvalue weighted by molar-refractivity contribution is 5.76. The molecule has 0 atom stereocenters. The molecule has 5 heteroatoms. The lowest BCUT2D eigenvalue weighted by Gasteiger charge is -2.08. The van der Waals surface area contributed by atoms with Gasteiger partial charge in [-0.05, 0) is 25.2 Å². The molecule has 17 heavy (non-hydrogen) atoms. The first-order chi connectivity index (χ1) is 8.34. The van der Waals surface area contributed by atoms with Gasteiger partial charge in [-0.2, -0.15) is 5.10 Å². The number of aromatic nitrogens is 3. The van der Waals surface area contributed by atoms with E-state index in [4.69, 9.17) is 0 Å². The van der Waals surface area contributed by atoms with Crippen molar-refractivity contribution in [2.45, 2.75) is 44.9 Å². The van der Waals surface area contributed by atoms with Crippen molar-refractivity contribution in [3.05, 3.63) is 12.2 Å². The molecule has 1 aliphatic carbocycles. The number of amides is 1. The molecule has 2 N–H and O–H groups in total. The number of aromatic amines is 1. The highest BCUT2D eigenvalue weighted by Gasteiger charge is 2.17. The first kappa shape index (κ1) is 12.1. The van der Waals surface area contributed by atoms with Crippen molar-refractivity contribution in [1.82, 2.24) is 20.5 Å². The molecular weight excluding hydrogens is 216 g/mol. The van der Waals surface area contributed by atoms with Gasteiger partial charge >= 0.3 is 0 Å². The number of carbonyl (C=O) groups is 1. The van der Waals surface area contributed by atoms with E-state index in [1.807, 2.05) is 0 Å². The maximum atomic E-state index is 11.6. The zero-order valence-electron chi connectivity index (χ0n) is 10.1. The Hall–Kier alpha value is -1.39. The standard InChI is InChI=1S/C12H20N4O/c17-12(8-10-4-1-2-5-10)13-7-3-6-11-14-9-15-16-11/h9-10H,1-8H2,(H,13,17)(H,14,15,16). The molecule has 5 nitrogen and oxygen atoms in total. The zero-order valence-corrected chi connectivity index (χ0v) is 10.1. The van der Waals surface area contributed by atoms with Crippen molar-refractivity contribution in [1.29, 1.82) is 0 Å². The van der Waals surface area contributed by atoms with Crippen molar-refractivity contribution in [2.75, 3.05) is 6.54 Å². The van der Waals surface area contributed by atoms with Gasteiger partial charge in [-0.1, -0.05) is 12.8 Å². The summed E-state index contributed by atoms with van der Waals surface area (Å²) in [4.78, 5) is 15.7. The zero-order chi connectivity index (χ0) is 11.9. The fourth-order valence-electron chi connectivity index (χ4n) is 2.38. The van der Waals surface area contributed by atoms with Gasteiger partial charge in [0.25, 0.3) is 0 Å². The van der Waals surface area contributed by atoms with Gasteiger partial charge < -0.3 is 5.32 Å². The minimum Gasteiger partial charge on any atom is -0.356 e. The summed E-state index contributed by atoms with van der Waals surface area (Å²) in [5.74, 6) is 1.72. The van der Waals surface area contributed by atoms with E-state index in [0.717, 1.165) is 25.2 Å². The van der Waals surface area contributed by atoms with Crippen LogP contribution in [-0.4, -0.2) is 27.6 Å². The molecule has 0 bridgehead atoms. The summed E-state index contributed by atoms with van der Waals surface area (Å²) in [6.07, 6.45) is 9.01. The number of hydrogen-bond donors (Lipinski definition) is 2. The number of nitrogens with zero attached hydrogens (tertiary/aromatic N) is 2. The Morgan fingerprint density at radius 1 is 1.47 bits per heavy atom. The molecule has 1 aromatic heterocycles. The minimum atomic E-state index is 0.203. The van der Waals surface area contributed by atoms with Crippen molar-refractivity contribution in [3.8, 4) is 0 Å². The summed E-state index contributed by atoms with van der Waals surface area (Å²) in [5, 5.41) is 9.56. The summed E-state index contributed by atoms with van der Waals surface area (Å²) in [7, 11) is 0. The number of aryl methyl sites for hydroxylation is 1. The summed E-state index contributed by atoms with van der Waals surface area (Å²) in [6, 6.07) is 0. The Bertz CT molecular complexity index is 330. The van der Waals surface area contributed by atoms with Crippen molar-refractivity contribution >= 4 is 5.91 Å². The molecular formula is C12H20N4O. The van der Waals surface area contributed by atoms with Crippen LogP contribution in [0.15, 0.2) is 6.33 Å². The average molecular weight is 236 g/mol. The lowest BCUT2D eigenvalue weighted by molar-refractivity contribution is -0.121. The molecule has 0 aromatic carbocycles. The smallest absolute Gasteiger partial charge is 0.220 e. The minimum absolute atomic E-state index is 0.203. The van der Waals surface area contributed by atoms with E-state index >= 15 is 0 Å². The van der Waals surface area contributed by atoms with Crippen LogP contribution in [-0.2, 0) is 11.2 Å². The fraction of sp³-hybridized carbons (Fsp3) is 0.750. The van der Waals surface area contributed by atoms with E-state index in [2.05, 4.69) is 20.5 Å². The van der Waals surface area contributed by atoms with Crippen LogP contribution in [0.3, 0.4) is 0 Å². The summed E-state index contributed by atoms with van der Waals surface area (Å²) in [5.41, 5.74) is 0. The first-order valence-corrected chi connectivity index (χ1v) is 6.45. The van der Waals surface area contributed by atoms with Gasteiger partial charge in [0.1, 0.15) is 12.2 Å². The van der Waals surface area contributed by atoms with Gasteiger partial charge in [-0.3, -0.25) is 9.89 Å². The lowest BCUT2D eigenvalue weighted by atomic mass is 10.0. The van der Waals surface area contributed by atoms with Crippen LogP contribution >= 0.6 is 0 Å². The van der Waals surface area contributed by atoms with Crippen LogP contribution in [0.1, 0.15) is 44.3 Å². The molecule has 0 unspecified atom stereocenters. The normalized spacial score (nSPS) is 16.2. The summed E-state index contributed by atoms with van der Waals surface area (Å²) >= 11 is 0. The monoisotopic (exact) mass is 236 g/mol. The molecule has 94 valence electrons. The second-order valence-electron chi connectivity index (χ2n) is 4.74. The van der Waals surface area contributed by atoms with E-state index in [1.165, 1.54) is 32.0 Å². The number of hydrogen-bond acceptors (Lipinski definition) is 3. The molecule has 0 spiro atoms. The first-order valence-electron chi connectivity index (χ1n) is 6.45. The van der Waals surface area contributed by atoms with Crippen LogP contribution in [0.2, 0.25) is 0 Å². The van der Waals surface area contributed by atoms with Gasteiger partial charge in [-0.25, -0.2) is 4.98 Å². The molecule has 0 radical (unpaired) electrons. The predicted molar refractivity (Wildman–Crippen MR) is 64.3 cm³/mol. The van der Waals surface area contributed by atoms with E-state index < -0.39 is 0 Å². The van der Waals surface area contributed by atoms with E-state index in [9.17, 15) is 4.79 Å². The quantitative estimate of drug-likeness (QED) is 0.734. The van der Waals surface area contributed by atoms with Crippen LogP contribution < -0.4 is 5.32 Å². The third-order valence-corrected chi connectivity index (χ3v) is 3.33. The van der Waals surface area contributed by atoms with Crippen LogP contribution in [0.4, 0.5) is 0 Å². The third-order valence-electron chi connectivity index (χ3n) is 3.33. The topological polar surface area (TPSA) is 70.7 Å². The van der Waals surface area contributed by atoms with Gasteiger partial charge in [0.05, 0.1) is 0 Å². The number of nitrogens with one attached hydrogen (secondary N) is 2. The van der Waals surface area contributed by atoms with E-state index in [-0.39, 0.29) is 5.91 Å². The SMILES string of the molecule is O=C(CC1CCCC1)NCCCc1ncn[nH]1. The number of H-pyrrole nitrogens is 1. The third kappa shape index (κ3) is 4.17. The van der Waals surface area contributed by atoms with Crippen LogP contribution in [0.25, 0.3) is 0 Å². The van der Waals surface area contributed by atoms with E-state index in [1.54, 1.807) is 0 Å². The van der Waals surface area contributed by atoms with E-state index in [0.29, 0.717) is 12.3 Å². The molecule has 1 aliphatic rings. The van der Waals surface area contributed by atoms with Crippen molar-refractivity contribution < 1.29 is 4.79 Å². The Labute approximate surface area is 101 Å². The van der Waals surface area contributed by atoms with Crippen molar-refractivity contribution in [2.24, 2.45) is 5.92 Å². The second-order valence-corrected chi connectivity index (χ2v) is 4.74. The number of carbonyl (C=O) groups excluding carboxylic acids is 1. The van der Waals surface area contributed by atoms with Gasteiger partial charge in [0, 0.05) is 19.4 Å². The molecule has 0 saturated heterocycles. The molecule has 0 aliphatic heterocycles. The van der Waals surface area contributed by atoms with Gasteiger partial charge in [0.2, 0.25) is 5.91 Å². The molecule has 1 heterocycles. The Kier molecular flexibility index (Phi) is 4.53. The van der Waals surface area contributed by atoms with Crippen LogP contribution in [0, 0.1) is 5.92 Å². The van der Waals surface area contributed by atoms with Gasteiger partial charge in [-0.15, -0.1) is 0 Å². The highest BCUT2D eigenvalue weighted by Crippen LogP contribution is 2.27. The molecule has 1 amide bonds. The Morgan fingerprint density at radius 3 is 3.00 bits per heavy atom. The fourth-order valence-corrected chi connectivity index (χ4v) is 2.38. The molecule has 1 fully saturated rings. The Balaban J connectivity index is 1.53. The van der Waals surface area contributed by atoms with Crippen molar-refractivity contribution in [3.63, 3.8) is 0 Å². The molecule has 1 aromatic rings. The average Bonchev–Trinajstić information content (AvgIpc) is 2.96. The Morgan fingerprint density at radius 2 is 2.29 bits per heavy atom. The molecule has 2 rings (SSSR count). The van der Waals surface area contributed by atoms with Crippen LogP contribution in [0.5, 0.6) is 0 Å². The molecule has 1 saturated carbocycles. The highest BCUT2D eigenvalue weighted by atomic mass is 16.1. The number of rotatable bonds is 6. The second kappa shape index (κ2) is 6.37. The van der Waals surface area contributed by atoms with Gasteiger partial charge in [0.15, 0.2) is 0 Å². The maximum absolute atomic E-state index is 11.6. The summed E-state index contributed by atoms with van der Waals surface area (Å²) < 4.78 is 0. The largest absolute Gasteiger partial charge is 0.356 e. The lowest BCUT2D eigenvalue weighted by Crippen LogP contribution is -2.26. The maximum Gasteiger partial charge on any atom is 0.220 e.